The molecule has 3 aromatic rings. The third kappa shape index (κ3) is 4.90. The summed E-state index contributed by atoms with van der Waals surface area (Å²) in [4.78, 5) is 21.3. The molecule has 0 spiro atoms. The van der Waals surface area contributed by atoms with Crippen molar-refractivity contribution < 1.29 is 22.4 Å². The zero-order valence-corrected chi connectivity index (χ0v) is 17.7. The van der Waals surface area contributed by atoms with Crippen molar-refractivity contribution in [2.75, 3.05) is 5.32 Å². The summed E-state index contributed by atoms with van der Waals surface area (Å²) < 4.78 is 55.2. The topological polar surface area (TPSA) is 135 Å². The fourth-order valence-corrected chi connectivity index (χ4v) is 2.84. The molecule has 174 valence electrons. The van der Waals surface area contributed by atoms with Gasteiger partial charge in [0.05, 0.1) is 35.5 Å². The molecule has 9 nitrogen and oxygen atoms in total. The standard InChI is InChI=1S/C21H16F4N8O/c1-11-12(2)17(4-3-16(11)22)32-18(21(23,24)25)15(9-27)20(34)31-14-7-13(8-26)19(28-10-14)33-29-5-6-30-33/h3-7,9-10H,27H2,1-2H3,(H,31,34). The summed E-state index contributed by atoms with van der Waals surface area (Å²) in [5.74, 6) is -1.79. The molecule has 0 saturated heterocycles. The molecule has 0 bridgehead atoms. The Bertz CT molecular complexity index is 1340. The predicted molar refractivity (Wildman–Crippen MR) is 114 cm³/mol. The minimum atomic E-state index is -5.07. The van der Waals surface area contributed by atoms with E-state index < -0.39 is 29.2 Å². The highest BCUT2D eigenvalue weighted by Gasteiger charge is 2.40. The van der Waals surface area contributed by atoms with Crippen molar-refractivity contribution in [3.05, 3.63) is 71.1 Å². The number of nitrogens with one attached hydrogen (secondary N) is 1. The van der Waals surface area contributed by atoms with Gasteiger partial charge < -0.3 is 11.1 Å². The second-order valence-electron chi connectivity index (χ2n) is 6.83. The monoisotopic (exact) mass is 472 g/mol. The molecule has 0 unspecified atom stereocenters. The number of aliphatic imine (C=N–C) groups is 1. The molecule has 0 atom stereocenters. The lowest BCUT2D eigenvalue weighted by atomic mass is 10.1. The summed E-state index contributed by atoms with van der Waals surface area (Å²) in [6, 6.07) is 5.09. The average Bonchev–Trinajstić information content (AvgIpc) is 3.32. The molecular weight excluding hydrogens is 456 g/mol. The van der Waals surface area contributed by atoms with Gasteiger partial charge in [0.15, 0.2) is 11.5 Å². The smallest absolute Gasteiger partial charge is 0.404 e. The van der Waals surface area contributed by atoms with Crippen LogP contribution in [0, 0.1) is 31.0 Å². The fourth-order valence-electron chi connectivity index (χ4n) is 2.84. The molecule has 3 N–H and O–H groups in total. The van der Waals surface area contributed by atoms with Crippen LogP contribution in [0.1, 0.15) is 16.7 Å². The second-order valence-corrected chi connectivity index (χ2v) is 6.83. The van der Waals surface area contributed by atoms with E-state index in [1.54, 1.807) is 0 Å². The van der Waals surface area contributed by atoms with E-state index in [1.165, 1.54) is 32.3 Å². The number of alkyl halides is 3. The normalized spacial score (nSPS) is 12.4. The van der Waals surface area contributed by atoms with Gasteiger partial charge in [-0.05, 0) is 43.2 Å². The molecule has 1 amide bonds. The van der Waals surface area contributed by atoms with Crippen LogP contribution in [0.5, 0.6) is 0 Å². The number of aromatic nitrogens is 4. The van der Waals surface area contributed by atoms with Gasteiger partial charge in [-0.2, -0.15) is 28.6 Å². The predicted octanol–water partition coefficient (Wildman–Crippen LogP) is 3.41. The van der Waals surface area contributed by atoms with E-state index in [-0.39, 0.29) is 33.9 Å². The number of benzene rings is 1. The van der Waals surface area contributed by atoms with Crippen molar-refractivity contribution in [2.24, 2.45) is 10.7 Å². The molecule has 3 rings (SSSR count). The van der Waals surface area contributed by atoms with Gasteiger partial charge in [0, 0.05) is 6.20 Å². The number of hydrogen-bond donors (Lipinski definition) is 2. The highest BCUT2D eigenvalue weighted by molar-refractivity contribution is 6.27. The van der Waals surface area contributed by atoms with Crippen molar-refractivity contribution >= 4 is 23.0 Å². The van der Waals surface area contributed by atoms with Gasteiger partial charge in [-0.1, -0.05) is 0 Å². The maximum atomic E-state index is 13.8. The van der Waals surface area contributed by atoms with E-state index in [4.69, 9.17) is 5.73 Å². The van der Waals surface area contributed by atoms with Crippen LogP contribution in [0.25, 0.3) is 5.82 Å². The Kier molecular flexibility index (Phi) is 6.71. The lowest BCUT2D eigenvalue weighted by Gasteiger charge is -2.15. The summed E-state index contributed by atoms with van der Waals surface area (Å²) in [5, 5.41) is 19.3. The van der Waals surface area contributed by atoms with Crippen LogP contribution >= 0.6 is 0 Å². The first kappa shape index (κ1) is 24.1. The molecule has 2 heterocycles. The van der Waals surface area contributed by atoms with Crippen molar-refractivity contribution in [1.29, 1.82) is 5.26 Å². The van der Waals surface area contributed by atoms with E-state index in [0.717, 1.165) is 23.1 Å². The van der Waals surface area contributed by atoms with Crippen LogP contribution in [-0.4, -0.2) is 37.8 Å². The van der Waals surface area contributed by atoms with Gasteiger partial charge in [0.25, 0.3) is 5.91 Å². The number of nitrogens with two attached hydrogens (primary N) is 1. The van der Waals surface area contributed by atoms with Crippen molar-refractivity contribution in [3.63, 3.8) is 0 Å². The maximum absolute atomic E-state index is 13.8. The first-order valence-electron chi connectivity index (χ1n) is 9.48. The van der Waals surface area contributed by atoms with Gasteiger partial charge >= 0.3 is 6.18 Å². The molecular formula is C21H16F4N8O. The summed E-state index contributed by atoms with van der Waals surface area (Å²) in [6.45, 7) is 2.80. The molecule has 1 aromatic carbocycles. The van der Waals surface area contributed by atoms with Crippen molar-refractivity contribution in [2.45, 2.75) is 20.0 Å². The van der Waals surface area contributed by atoms with Crippen LogP contribution in [0.2, 0.25) is 0 Å². The minimum Gasteiger partial charge on any atom is -0.404 e. The highest BCUT2D eigenvalue weighted by atomic mass is 19.4. The van der Waals surface area contributed by atoms with Gasteiger partial charge in [-0.25, -0.2) is 14.4 Å². The summed E-state index contributed by atoms with van der Waals surface area (Å²) >= 11 is 0. The van der Waals surface area contributed by atoms with E-state index in [1.807, 2.05) is 6.07 Å². The largest absolute Gasteiger partial charge is 0.434 e. The van der Waals surface area contributed by atoms with Crippen molar-refractivity contribution in [3.8, 4) is 11.9 Å². The molecule has 34 heavy (non-hydrogen) atoms. The molecule has 0 radical (unpaired) electrons. The number of hydrogen-bond acceptors (Lipinski definition) is 7. The molecule has 13 heteroatoms. The van der Waals surface area contributed by atoms with Gasteiger partial charge in [0.1, 0.15) is 17.4 Å². The van der Waals surface area contributed by atoms with E-state index in [2.05, 4.69) is 25.5 Å². The number of nitrogens with zero attached hydrogens (tertiary/aromatic N) is 6. The SMILES string of the molecule is Cc1c(F)ccc(N=C(C(=CN)C(=O)Nc2cnc(-n3nccn3)c(C#N)c2)C(F)(F)F)c1C. The number of rotatable bonds is 5. The third-order valence-corrected chi connectivity index (χ3v) is 4.71. The minimum absolute atomic E-state index is 0.0468. The molecule has 2 aromatic heterocycles. The number of halogens is 4. The molecule has 0 aliphatic rings. The number of amides is 1. The van der Waals surface area contributed by atoms with Crippen LogP contribution in [0.15, 0.2) is 53.6 Å². The van der Waals surface area contributed by atoms with Gasteiger partial charge in [-0.3, -0.25) is 4.79 Å². The maximum Gasteiger partial charge on any atom is 0.434 e. The Balaban J connectivity index is 1.97. The Morgan fingerprint density at radius 2 is 1.91 bits per heavy atom. The Morgan fingerprint density at radius 3 is 2.50 bits per heavy atom. The number of anilines is 1. The Morgan fingerprint density at radius 1 is 1.24 bits per heavy atom. The Hall–Kier alpha value is -4.60. The summed E-state index contributed by atoms with van der Waals surface area (Å²) in [7, 11) is 0. The number of carbonyl (C=O) groups excluding carboxylic acids is 1. The van der Waals surface area contributed by atoms with Crippen molar-refractivity contribution in [1.82, 2.24) is 20.0 Å². The van der Waals surface area contributed by atoms with Crippen LogP contribution < -0.4 is 11.1 Å². The molecule has 0 aliphatic heterocycles. The van der Waals surface area contributed by atoms with Gasteiger partial charge in [0.2, 0.25) is 0 Å². The Labute approximate surface area is 190 Å². The second kappa shape index (κ2) is 9.49. The number of carbonyl (C=O) groups is 1. The first-order chi connectivity index (χ1) is 16.1. The van der Waals surface area contributed by atoms with Gasteiger partial charge in [-0.15, -0.1) is 4.80 Å². The summed E-state index contributed by atoms with van der Waals surface area (Å²) in [6.07, 6.45) is -0.765. The zero-order valence-electron chi connectivity index (χ0n) is 17.7. The first-order valence-corrected chi connectivity index (χ1v) is 9.48. The lowest BCUT2D eigenvalue weighted by Crippen LogP contribution is -2.32. The summed E-state index contributed by atoms with van der Waals surface area (Å²) in [5.41, 5.74) is 2.79. The quantitative estimate of drug-likeness (QED) is 0.332. The van der Waals surface area contributed by atoms with E-state index in [0.29, 0.717) is 6.20 Å². The molecule has 0 fully saturated rings. The van der Waals surface area contributed by atoms with Crippen LogP contribution in [-0.2, 0) is 4.79 Å². The van der Waals surface area contributed by atoms with Crippen LogP contribution in [0.4, 0.5) is 28.9 Å². The van der Waals surface area contributed by atoms with E-state index >= 15 is 0 Å². The lowest BCUT2D eigenvalue weighted by molar-refractivity contribution is -0.113. The average molecular weight is 472 g/mol. The van der Waals surface area contributed by atoms with E-state index in [9.17, 15) is 27.6 Å². The number of nitriles is 1. The highest BCUT2D eigenvalue weighted by Crippen LogP contribution is 2.30. The molecule has 0 saturated carbocycles. The molecule has 0 aliphatic carbocycles. The fraction of sp³-hybridized carbons (Fsp3) is 0.143. The zero-order chi connectivity index (χ0) is 25.0. The third-order valence-electron chi connectivity index (χ3n) is 4.71. The van der Waals surface area contributed by atoms with Crippen LogP contribution in [0.3, 0.4) is 0 Å². The number of pyridine rings is 1.